The number of H-pyrrole nitrogens is 1. The molecule has 0 aliphatic carbocycles. The van der Waals surface area contributed by atoms with Crippen molar-refractivity contribution in [2.24, 2.45) is 0 Å². The molecular formula is C12H13FN2O2. The first-order valence-corrected chi connectivity index (χ1v) is 5.45. The van der Waals surface area contributed by atoms with Crippen LogP contribution >= 0.6 is 0 Å². The van der Waals surface area contributed by atoms with E-state index in [2.05, 4.69) is 4.98 Å². The monoisotopic (exact) mass is 236 g/mol. The molecule has 0 aliphatic heterocycles. The number of ketones is 1. The number of fused-ring (bicyclic) bond motifs is 1. The Morgan fingerprint density at radius 3 is 2.94 bits per heavy atom. The zero-order chi connectivity index (χ0) is 12.4. The van der Waals surface area contributed by atoms with Crippen LogP contribution < -0.4 is 5.56 Å². The molecule has 0 radical (unpaired) electrons. The van der Waals surface area contributed by atoms with Crippen LogP contribution in [0.1, 0.15) is 25.5 Å². The number of hydrogen-bond acceptors (Lipinski definition) is 2. The van der Waals surface area contributed by atoms with Gasteiger partial charge in [0.2, 0.25) is 0 Å². The quantitative estimate of drug-likeness (QED) is 0.878. The van der Waals surface area contributed by atoms with Gasteiger partial charge in [0.15, 0.2) is 0 Å². The van der Waals surface area contributed by atoms with E-state index in [0.29, 0.717) is 25.0 Å². The van der Waals surface area contributed by atoms with Crippen molar-refractivity contribution in [3.05, 3.63) is 40.3 Å². The SMILES string of the molecule is CC(=O)CCCc1cn2cc(F)cc2c(=O)[nH]1. The Balaban J connectivity index is 2.24. The number of rotatable bonds is 4. The molecule has 0 unspecified atom stereocenters. The van der Waals surface area contributed by atoms with Crippen molar-refractivity contribution in [2.75, 3.05) is 0 Å². The number of nitrogens with one attached hydrogen (secondary N) is 1. The molecule has 0 bridgehead atoms. The number of hydrogen-bond donors (Lipinski definition) is 1. The molecule has 2 aromatic rings. The Labute approximate surface area is 97.1 Å². The Morgan fingerprint density at radius 2 is 2.24 bits per heavy atom. The molecule has 4 nitrogen and oxygen atoms in total. The summed E-state index contributed by atoms with van der Waals surface area (Å²) in [7, 11) is 0. The number of carbonyl (C=O) groups is 1. The molecule has 0 saturated carbocycles. The summed E-state index contributed by atoms with van der Waals surface area (Å²) >= 11 is 0. The highest BCUT2D eigenvalue weighted by Gasteiger charge is 2.05. The van der Waals surface area contributed by atoms with Gasteiger partial charge in [-0.3, -0.25) is 4.79 Å². The maximum Gasteiger partial charge on any atom is 0.272 e. The third-order valence-electron chi connectivity index (χ3n) is 2.59. The fourth-order valence-electron chi connectivity index (χ4n) is 1.80. The van der Waals surface area contributed by atoms with Gasteiger partial charge >= 0.3 is 0 Å². The van der Waals surface area contributed by atoms with Crippen LogP contribution in [0.2, 0.25) is 0 Å². The van der Waals surface area contributed by atoms with Crippen LogP contribution in [0.3, 0.4) is 0 Å². The molecule has 0 aromatic carbocycles. The van der Waals surface area contributed by atoms with Crippen molar-refractivity contribution < 1.29 is 9.18 Å². The third kappa shape index (κ3) is 2.61. The van der Waals surface area contributed by atoms with Gasteiger partial charge in [0.25, 0.3) is 5.56 Å². The van der Waals surface area contributed by atoms with Gasteiger partial charge in [0.1, 0.15) is 17.1 Å². The van der Waals surface area contributed by atoms with E-state index in [1.54, 1.807) is 6.20 Å². The first-order valence-electron chi connectivity index (χ1n) is 5.45. The summed E-state index contributed by atoms with van der Waals surface area (Å²) in [4.78, 5) is 25.1. The van der Waals surface area contributed by atoms with Gasteiger partial charge in [-0.15, -0.1) is 0 Å². The van der Waals surface area contributed by atoms with E-state index in [1.165, 1.54) is 23.6 Å². The second-order valence-corrected chi connectivity index (χ2v) is 4.11. The molecule has 0 saturated heterocycles. The van der Waals surface area contributed by atoms with Crippen LogP contribution in [-0.2, 0) is 11.2 Å². The number of halogens is 1. The topological polar surface area (TPSA) is 54.3 Å². The van der Waals surface area contributed by atoms with Gasteiger partial charge in [-0.1, -0.05) is 0 Å². The maximum atomic E-state index is 13.0. The van der Waals surface area contributed by atoms with Crippen molar-refractivity contribution >= 4 is 11.3 Å². The highest BCUT2D eigenvalue weighted by atomic mass is 19.1. The first-order chi connectivity index (χ1) is 8.06. The minimum absolute atomic E-state index is 0.125. The van der Waals surface area contributed by atoms with Crippen LogP contribution in [0, 0.1) is 5.82 Å². The van der Waals surface area contributed by atoms with Gasteiger partial charge in [0, 0.05) is 30.6 Å². The molecule has 5 heteroatoms. The molecule has 2 heterocycles. The molecule has 17 heavy (non-hydrogen) atoms. The zero-order valence-corrected chi connectivity index (χ0v) is 9.50. The van der Waals surface area contributed by atoms with Gasteiger partial charge in [0.05, 0.1) is 0 Å². The molecule has 2 aromatic heterocycles. The van der Waals surface area contributed by atoms with E-state index in [9.17, 15) is 14.0 Å². The summed E-state index contributed by atoms with van der Waals surface area (Å²) in [5.74, 6) is -0.309. The summed E-state index contributed by atoms with van der Waals surface area (Å²) < 4.78 is 14.4. The van der Waals surface area contributed by atoms with Crippen LogP contribution in [0.4, 0.5) is 4.39 Å². The summed E-state index contributed by atoms with van der Waals surface area (Å²) in [6, 6.07) is 1.19. The number of aromatic nitrogens is 2. The molecule has 0 atom stereocenters. The lowest BCUT2D eigenvalue weighted by Crippen LogP contribution is -2.12. The van der Waals surface area contributed by atoms with Crippen LogP contribution in [0.25, 0.3) is 5.52 Å². The minimum atomic E-state index is -0.434. The number of aromatic amines is 1. The Kier molecular flexibility index (Phi) is 3.08. The Bertz CT molecular complexity index is 612. The van der Waals surface area contributed by atoms with Gasteiger partial charge < -0.3 is 14.2 Å². The number of carbonyl (C=O) groups excluding carboxylic acids is 1. The summed E-state index contributed by atoms with van der Waals surface area (Å²) in [6.45, 7) is 1.53. The van der Waals surface area contributed by atoms with E-state index >= 15 is 0 Å². The fraction of sp³-hybridized carbons (Fsp3) is 0.333. The molecular weight excluding hydrogens is 223 g/mol. The second kappa shape index (κ2) is 4.53. The Hall–Kier alpha value is -1.91. The van der Waals surface area contributed by atoms with Crippen LogP contribution in [0.15, 0.2) is 23.3 Å². The summed E-state index contributed by atoms with van der Waals surface area (Å²) in [5.41, 5.74) is 0.686. The van der Waals surface area contributed by atoms with Gasteiger partial charge in [-0.25, -0.2) is 4.39 Å². The zero-order valence-electron chi connectivity index (χ0n) is 9.50. The standard InChI is InChI=1S/C12H13FN2O2/c1-8(16)3-2-4-10-7-15-6-9(13)5-11(15)12(17)14-10/h5-7H,2-4H2,1H3,(H,14,17). The van der Waals surface area contributed by atoms with Gasteiger partial charge in [-0.05, 0) is 19.8 Å². The largest absolute Gasteiger partial charge is 0.323 e. The predicted molar refractivity (Wildman–Crippen MR) is 61.6 cm³/mol. The van der Waals surface area contributed by atoms with Crippen molar-refractivity contribution in [1.82, 2.24) is 9.38 Å². The van der Waals surface area contributed by atoms with Gasteiger partial charge in [-0.2, -0.15) is 0 Å². The number of aryl methyl sites for hydroxylation is 1. The van der Waals surface area contributed by atoms with E-state index < -0.39 is 5.82 Å². The molecule has 90 valence electrons. The van der Waals surface area contributed by atoms with Crippen molar-refractivity contribution in [1.29, 1.82) is 0 Å². The van der Waals surface area contributed by atoms with Crippen molar-refractivity contribution in [3.63, 3.8) is 0 Å². The van der Waals surface area contributed by atoms with Crippen LogP contribution in [0.5, 0.6) is 0 Å². The summed E-state index contributed by atoms with van der Waals surface area (Å²) in [5, 5.41) is 0. The Morgan fingerprint density at radius 1 is 1.47 bits per heavy atom. The minimum Gasteiger partial charge on any atom is -0.323 e. The third-order valence-corrected chi connectivity index (χ3v) is 2.59. The number of Topliss-reactive ketones (excluding diaryl/α,β-unsaturated/α-hetero) is 1. The van der Waals surface area contributed by atoms with E-state index in [0.717, 1.165) is 0 Å². The highest BCUT2D eigenvalue weighted by Crippen LogP contribution is 2.06. The van der Waals surface area contributed by atoms with E-state index in [-0.39, 0.29) is 16.9 Å². The lowest BCUT2D eigenvalue weighted by atomic mass is 10.1. The van der Waals surface area contributed by atoms with Crippen molar-refractivity contribution in [2.45, 2.75) is 26.2 Å². The first kappa shape index (κ1) is 11.6. The molecule has 2 rings (SSSR count). The maximum absolute atomic E-state index is 13.0. The lowest BCUT2D eigenvalue weighted by Gasteiger charge is -2.01. The van der Waals surface area contributed by atoms with Crippen molar-refractivity contribution in [3.8, 4) is 0 Å². The average Bonchev–Trinajstić information content (AvgIpc) is 2.58. The predicted octanol–water partition coefficient (Wildman–Crippen LogP) is 1.68. The lowest BCUT2D eigenvalue weighted by molar-refractivity contribution is -0.117. The normalized spacial score (nSPS) is 10.9. The highest BCUT2D eigenvalue weighted by molar-refractivity contribution is 5.75. The van der Waals surface area contributed by atoms with E-state index in [1.807, 2.05) is 0 Å². The molecule has 0 spiro atoms. The molecule has 1 N–H and O–H groups in total. The molecule has 0 amide bonds. The summed E-state index contributed by atoms with van der Waals surface area (Å²) in [6.07, 6.45) is 4.71. The van der Waals surface area contributed by atoms with Crippen LogP contribution in [-0.4, -0.2) is 15.2 Å². The average molecular weight is 236 g/mol. The van der Waals surface area contributed by atoms with E-state index in [4.69, 9.17) is 0 Å². The number of nitrogens with zero attached hydrogens (tertiary/aromatic N) is 1. The smallest absolute Gasteiger partial charge is 0.272 e. The molecule has 0 aliphatic rings. The second-order valence-electron chi connectivity index (χ2n) is 4.11. The fourth-order valence-corrected chi connectivity index (χ4v) is 1.80. The molecule has 0 fully saturated rings.